The van der Waals surface area contributed by atoms with E-state index in [1.165, 1.54) is 58.0 Å². The summed E-state index contributed by atoms with van der Waals surface area (Å²) in [5.74, 6) is -0.712. The van der Waals surface area contributed by atoms with Crippen LogP contribution in [0.3, 0.4) is 0 Å². The molecule has 0 saturated carbocycles. The fourth-order valence-corrected chi connectivity index (χ4v) is 2.73. The lowest BCUT2D eigenvalue weighted by Gasteiger charge is -2.08. The Balaban J connectivity index is 0.00000102. The molecule has 3 nitrogen and oxygen atoms in total. The Labute approximate surface area is 173 Å². The van der Waals surface area contributed by atoms with E-state index in [4.69, 9.17) is 5.11 Å². The second-order valence-electron chi connectivity index (χ2n) is 7.19. The lowest BCUT2D eigenvalue weighted by atomic mass is 10.2. The molecule has 0 aromatic heterocycles. The maximum atomic E-state index is 10.3. The third kappa shape index (κ3) is 24.4. The molecule has 0 aromatic carbocycles. The van der Waals surface area contributed by atoms with Crippen LogP contribution < -0.4 is 5.32 Å². The highest BCUT2D eigenvalue weighted by molar-refractivity contribution is 5.66. The first-order valence-electron chi connectivity index (χ1n) is 11.3. The zero-order valence-corrected chi connectivity index (χ0v) is 18.1. The van der Waals surface area contributed by atoms with Gasteiger partial charge in [-0.15, -0.1) is 0 Å². The Kier molecular flexibility index (Phi) is 22.1. The Morgan fingerprint density at radius 3 is 1.64 bits per heavy atom. The van der Waals surface area contributed by atoms with Crippen LogP contribution >= 0.6 is 0 Å². The molecular formula is C25H43NO2. The molecule has 2 N–H and O–H groups in total. The van der Waals surface area contributed by atoms with Crippen molar-refractivity contribution in [3.8, 4) is 0 Å². The molecule has 1 saturated heterocycles. The molecule has 0 aliphatic carbocycles. The van der Waals surface area contributed by atoms with Gasteiger partial charge in [0.05, 0.1) is 0 Å². The highest BCUT2D eigenvalue weighted by Gasteiger charge is 1.94. The topological polar surface area (TPSA) is 49.3 Å². The maximum Gasteiger partial charge on any atom is 0.303 e. The van der Waals surface area contributed by atoms with Gasteiger partial charge >= 0.3 is 5.97 Å². The summed E-state index contributed by atoms with van der Waals surface area (Å²) in [5, 5.41) is 11.8. The van der Waals surface area contributed by atoms with Crippen molar-refractivity contribution in [1.29, 1.82) is 0 Å². The maximum absolute atomic E-state index is 10.3. The predicted octanol–water partition coefficient (Wildman–Crippen LogP) is 6.98. The van der Waals surface area contributed by atoms with Gasteiger partial charge in [-0.3, -0.25) is 4.79 Å². The van der Waals surface area contributed by atoms with Crippen molar-refractivity contribution in [3.05, 3.63) is 48.6 Å². The number of hydrogen-bond acceptors (Lipinski definition) is 2. The van der Waals surface area contributed by atoms with E-state index in [1.807, 2.05) is 0 Å². The number of piperidine rings is 1. The molecule has 0 bridgehead atoms. The van der Waals surface area contributed by atoms with Gasteiger partial charge < -0.3 is 10.4 Å². The minimum absolute atomic E-state index is 0.262. The van der Waals surface area contributed by atoms with E-state index in [0.29, 0.717) is 0 Å². The zero-order valence-electron chi connectivity index (χ0n) is 18.1. The molecular weight excluding hydrogens is 346 g/mol. The summed E-state index contributed by atoms with van der Waals surface area (Å²) in [6.45, 7) is 4.73. The van der Waals surface area contributed by atoms with Gasteiger partial charge in [-0.05, 0) is 70.9 Å². The Bertz CT molecular complexity index is 434. The Morgan fingerprint density at radius 2 is 1.25 bits per heavy atom. The monoisotopic (exact) mass is 389 g/mol. The van der Waals surface area contributed by atoms with Crippen LogP contribution in [0.1, 0.15) is 90.4 Å². The third-order valence-electron chi connectivity index (χ3n) is 4.43. The average Bonchev–Trinajstić information content (AvgIpc) is 2.72. The lowest BCUT2D eigenvalue weighted by molar-refractivity contribution is -0.137. The summed E-state index contributed by atoms with van der Waals surface area (Å²) in [6.07, 6.45) is 31.6. The van der Waals surface area contributed by atoms with Crippen molar-refractivity contribution in [1.82, 2.24) is 5.32 Å². The summed E-state index contributed by atoms with van der Waals surface area (Å²) in [4.78, 5) is 10.3. The van der Waals surface area contributed by atoms with Gasteiger partial charge in [0.1, 0.15) is 0 Å². The molecule has 0 amide bonds. The number of carboxylic acid groups (broad SMARTS) is 1. The normalized spacial score (nSPS) is 14.9. The van der Waals surface area contributed by atoms with E-state index < -0.39 is 5.97 Å². The molecule has 0 aromatic rings. The van der Waals surface area contributed by atoms with E-state index in [9.17, 15) is 4.79 Å². The number of unbranched alkanes of at least 4 members (excludes halogenated alkanes) is 4. The summed E-state index contributed by atoms with van der Waals surface area (Å²) in [5.41, 5.74) is 0. The zero-order chi connectivity index (χ0) is 20.5. The fraction of sp³-hybridized carbons (Fsp3) is 0.640. The van der Waals surface area contributed by atoms with Gasteiger partial charge in [0.2, 0.25) is 0 Å². The molecule has 0 atom stereocenters. The lowest BCUT2D eigenvalue weighted by Crippen LogP contribution is -2.21. The molecule has 28 heavy (non-hydrogen) atoms. The molecule has 160 valence electrons. The van der Waals surface area contributed by atoms with Gasteiger partial charge in [-0.1, -0.05) is 74.8 Å². The van der Waals surface area contributed by atoms with Crippen molar-refractivity contribution >= 4 is 5.97 Å². The SMILES string of the molecule is C1CCNCC1.CCCCCC=CCC=CCC=CCC=CCCCC(=O)O. The van der Waals surface area contributed by atoms with Crippen LogP contribution in [0.25, 0.3) is 0 Å². The second-order valence-corrected chi connectivity index (χ2v) is 7.19. The summed E-state index contributed by atoms with van der Waals surface area (Å²) < 4.78 is 0. The number of carbonyl (C=O) groups is 1. The summed E-state index contributed by atoms with van der Waals surface area (Å²) in [7, 11) is 0. The number of allylic oxidation sites excluding steroid dienone is 8. The van der Waals surface area contributed by atoms with Crippen molar-refractivity contribution in [3.63, 3.8) is 0 Å². The highest BCUT2D eigenvalue weighted by Crippen LogP contribution is 2.01. The van der Waals surface area contributed by atoms with E-state index >= 15 is 0 Å². The molecule has 1 rings (SSSR count). The summed E-state index contributed by atoms with van der Waals surface area (Å²) in [6, 6.07) is 0. The Hall–Kier alpha value is -1.61. The van der Waals surface area contributed by atoms with Gasteiger partial charge in [0.15, 0.2) is 0 Å². The van der Waals surface area contributed by atoms with Crippen LogP contribution in [-0.2, 0) is 4.79 Å². The first kappa shape index (κ1) is 26.4. The number of hydrogen-bond donors (Lipinski definition) is 2. The third-order valence-corrected chi connectivity index (χ3v) is 4.43. The molecule has 0 radical (unpaired) electrons. The van der Waals surface area contributed by atoms with Crippen LogP contribution in [-0.4, -0.2) is 24.2 Å². The van der Waals surface area contributed by atoms with Gasteiger partial charge in [0, 0.05) is 6.42 Å². The standard InChI is InChI=1S/C20H32O2.C5H11N/c1-2-3-4-5-6-7-8-9-10-11-12-13-14-15-16-17-18-19-20(21)22;1-2-4-6-5-3-1/h6-7,9-10,12-13,15-16H,2-5,8,11,14,17-19H2,1H3,(H,21,22);6H,1-5H2. The van der Waals surface area contributed by atoms with Gasteiger partial charge in [-0.25, -0.2) is 0 Å². The molecule has 1 aliphatic rings. The molecule has 0 spiro atoms. The molecule has 0 unspecified atom stereocenters. The quantitative estimate of drug-likeness (QED) is 0.249. The first-order valence-corrected chi connectivity index (χ1v) is 11.3. The van der Waals surface area contributed by atoms with Crippen molar-refractivity contribution in [2.75, 3.05) is 13.1 Å². The number of nitrogens with one attached hydrogen (secondary N) is 1. The molecule has 1 aliphatic heterocycles. The van der Waals surface area contributed by atoms with Gasteiger partial charge in [0.25, 0.3) is 0 Å². The van der Waals surface area contributed by atoms with E-state index in [0.717, 1.165) is 32.1 Å². The minimum Gasteiger partial charge on any atom is -0.481 e. The number of aliphatic carboxylic acids is 1. The van der Waals surface area contributed by atoms with Gasteiger partial charge in [-0.2, -0.15) is 0 Å². The first-order chi connectivity index (χ1) is 13.8. The predicted molar refractivity (Wildman–Crippen MR) is 123 cm³/mol. The molecule has 1 heterocycles. The van der Waals surface area contributed by atoms with E-state index in [2.05, 4.69) is 60.8 Å². The van der Waals surface area contributed by atoms with Crippen LogP contribution in [0.2, 0.25) is 0 Å². The smallest absolute Gasteiger partial charge is 0.303 e. The van der Waals surface area contributed by atoms with Crippen LogP contribution in [0.5, 0.6) is 0 Å². The van der Waals surface area contributed by atoms with Crippen LogP contribution in [0.4, 0.5) is 0 Å². The molecule has 1 fully saturated rings. The van der Waals surface area contributed by atoms with Crippen LogP contribution in [0.15, 0.2) is 48.6 Å². The van der Waals surface area contributed by atoms with E-state index in [1.54, 1.807) is 0 Å². The Morgan fingerprint density at radius 1 is 0.750 bits per heavy atom. The fourth-order valence-electron chi connectivity index (χ4n) is 2.73. The van der Waals surface area contributed by atoms with E-state index in [-0.39, 0.29) is 6.42 Å². The second kappa shape index (κ2) is 23.4. The minimum atomic E-state index is -0.712. The average molecular weight is 390 g/mol. The van der Waals surface area contributed by atoms with Crippen LogP contribution in [0, 0.1) is 0 Å². The molecule has 3 heteroatoms. The summed E-state index contributed by atoms with van der Waals surface area (Å²) >= 11 is 0. The van der Waals surface area contributed by atoms with Crippen molar-refractivity contribution in [2.24, 2.45) is 0 Å². The largest absolute Gasteiger partial charge is 0.481 e. The highest BCUT2D eigenvalue weighted by atomic mass is 16.4. The number of rotatable bonds is 14. The van der Waals surface area contributed by atoms with Crippen molar-refractivity contribution in [2.45, 2.75) is 90.4 Å². The van der Waals surface area contributed by atoms with Crippen molar-refractivity contribution < 1.29 is 9.90 Å². The number of carboxylic acids is 1.